The van der Waals surface area contributed by atoms with Crippen molar-refractivity contribution in [3.05, 3.63) is 35.9 Å². The highest BCUT2D eigenvalue weighted by Crippen LogP contribution is 2.25. The minimum Gasteiger partial charge on any atom is -0.316 e. The van der Waals surface area contributed by atoms with Gasteiger partial charge in [0.1, 0.15) is 0 Å². The SMILES string of the molecule is CCNCC(C)(CN(CC(C)C)C(C)C)c1ccccc1. The van der Waals surface area contributed by atoms with Crippen LogP contribution in [0.4, 0.5) is 0 Å². The van der Waals surface area contributed by atoms with Gasteiger partial charge in [-0.15, -0.1) is 0 Å². The monoisotopic (exact) mass is 290 g/mol. The van der Waals surface area contributed by atoms with Gasteiger partial charge in [-0.05, 0) is 31.9 Å². The van der Waals surface area contributed by atoms with Crippen molar-refractivity contribution in [2.24, 2.45) is 5.92 Å². The molecule has 2 heteroatoms. The van der Waals surface area contributed by atoms with Gasteiger partial charge in [0, 0.05) is 31.1 Å². The van der Waals surface area contributed by atoms with Crippen LogP contribution in [0.1, 0.15) is 47.1 Å². The van der Waals surface area contributed by atoms with E-state index in [1.54, 1.807) is 0 Å². The predicted octanol–water partition coefficient (Wildman–Crippen LogP) is 3.92. The molecule has 0 amide bonds. The molecule has 0 spiro atoms. The molecule has 1 aromatic carbocycles. The Morgan fingerprint density at radius 1 is 1.10 bits per heavy atom. The summed E-state index contributed by atoms with van der Waals surface area (Å²) in [5.41, 5.74) is 1.58. The zero-order chi connectivity index (χ0) is 15.9. The van der Waals surface area contributed by atoms with Gasteiger partial charge < -0.3 is 5.32 Å². The largest absolute Gasteiger partial charge is 0.316 e. The molecule has 0 bridgehead atoms. The summed E-state index contributed by atoms with van der Waals surface area (Å²) in [6.07, 6.45) is 0. The number of hydrogen-bond donors (Lipinski definition) is 1. The van der Waals surface area contributed by atoms with Gasteiger partial charge in [0.15, 0.2) is 0 Å². The second-order valence-electron chi connectivity index (χ2n) is 7.12. The highest BCUT2D eigenvalue weighted by atomic mass is 15.2. The summed E-state index contributed by atoms with van der Waals surface area (Å²) in [5.74, 6) is 0.701. The number of nitrogens with zero attached hydrogens (tertiary/aromatic N) is 1. The molecule has 1 rings (SSSR count). The number of benzene rings is 1. The molecule has 1 N–H and O–H groups in total. The molecule has 120 valence electrons. The Morgan fingerprint density at radius 3 is 2.19 bits per heavy atom. The van der Waals surface area contributed by atoms with Crippen molar-refractivity contribution in [1.29, 1.82) is 0 Å². The van der Waals surface area contributed by atoms with Gasteiger partial charge >= 0.3 is 0 Å². The highest BCUT2D eigenvalue weighted by Gasteiger charge is 2.29. The van der Waals surface area contributed by atoms with Crippen LogP contribution in [0.2, 0.25) is 0 Å². The average Bonchev–Trinajstić information content (AvgIpc) is 2.45. The van der Waals surface area contributed by atoms with Crippen molar-refractivity contribution in [1.82, 2.24) is 10.2 Å². The smallest absolute Gasteiger partial charge is 0.0177 e. The maximum Gasteiger partial charge on any atom is 0.0177 e. The van der Waals surface area contributed by atoms with Gasteiger partial charge in [-0.2, -0.15) is 0 Å². The van der Waals surface area contributed by atoms with Crippen LogP contribution in [0.5, 0.6) is 0 Å². The topological polar surface area (TPSA) is 15.3 Å². The highest BCUT2D eigenvalue weighted by molar-refractivity contribution is 5.25. The summed E-state index contributed by atoms with van der Waals surface area (Å²) >= 11 is 0. The third kappa shape index (κ3) is 5.80. The Kier molecular flexibility index (Phi) is 7.41. The summed E-state index contributed by atoms with van der Waals surface area (Å²) in [7, 11) is 0. The molecule has 0 aliphatic carbocycles. The second-order valence-corrected chi connectivity index (χ2v) is 7.12. The number of rotatable bonds is 9. The molecule has 0 saturated heterocycles. The number of nitrogens with one attached hydrogen (secondary N) is 1. The lowest BCUT2D eigenvalue weighted by Gasteiger charge is -2.39. The first-order chi connectivity index (χ1) is 9.89. The third-order valence-corrected chi connectivity index (χ3v) is 4.12. The van der Waals surface area contributed by atoms with Gasteiger partial charge in [0.25, 0.3) is 0 Å². The summed E-state index contributed by atoms with van der Waals surface area (Å²) in [6, 6.07) is 11.5. The van der Waals surface area contributed by atoms with Crippen LogP contribution in [0.3, 0.4) is 0 Å². The first kappa shape index (κ1) is 18.2. The Labute approximate surface area is 131 Å². The van der Waals surface area contributed by atoms with Crippen molar-refractivity contribution in [3.63, 3.8) is 0 Å². The van der Waals surface area contributed by atoms with Crippen LogP contribution in [0, 0.1) is 5.92 Å². The van der Waals surface area contributed by atoms with Gasteiger partial charge in [-0.25, -0.2) is 0 Å². The molecular weight excluding hydrogens is 256 g/mol. The molecular formula is C19H34N2. The van der Waals surface area contributed by atoms with Crippen molar-refractivity contribution >= 4 is 0 Å². The lowest BCUT2D eigenvalue weighted by atomic mass is 9.81. The zero-order valence-electron chi connectivity index (χ0n) is 14.8. The van der Waals surface area contributed by atoms with E-state index in [0.717, 1.165) is 26.2 Å². The van der Waals surface area contributed by atoms with E-state index in [9.17, 15) is 0 Å². The fourth-order valence-corrected chi connectivity index (χ4v) is 2.87. The molecule has 0 radical (unpaired) electrons. The molecule has 2 nitrogen and oxygen atoms in total. The first-order valence-electron chi connectivity index (χ1n) is 8.39. The lowest BCUT2D eigenvalue weighted by Crippen LogP contribution is -2.48. The molecule has 1 unspecified atom stereocenters. The van der Waals surface area contributed by atoms with E-state index in [1.165, 1.54) is 5.56 Å². The molecule has 0 saturated carbocycles. The first-order valence-corrected chi connectivity index (χ1v) is 8.39. The number of likely N-dealkylation sites (N-methyl/N-ethyl adjacent to an activating group) is 1. The molecule has 0 aromatic heterocycles. The van der Waals surface area contributed by atoms with Crippen LogP contribution in [-0.4, -0.2) is 37.1 Å². The Morgan fingerprint density at radius 2 is 1.71 bits per heavy atom. The molecule has 1 aromatic rings. The molecule has 0 aliphatic rings. The minimum atomic E-state index is 0.149. The van der Waals surface area contributed by atoms with E-state index in [0.29, 0.717) is 12.0 Å². The van der Waals surface area contributed by atoms with E-state index in [4.69, 9.17) is 0 Å². The molecule has 0 fully saturated rings. The van der Waals surface area contributed by atoms with Crippen molar-refractivity contribution in [3.8, 4) is 0 Å². The van der Waals surface area contributed by atoms with E-state index >= 15 is 0 Å². The van der Waals surface area contributed by atoms with E-state index in [2.05, 4.69) is 82.1 Å². The molecule has 0 aliphatic heterocycles. The predicted molar refractivity (Wildman–Crippen MR) is 93.9 cm³/mol. The summed E-state index contributed by atoms with van der Waals surface area (Å²) in [5, 5.41) is 3.56. The van der Waals surface area contributed by atoms with Crippen LogP contribution < -0.4 is 5.32 Å². The fourth-order valence-electron chi connectivity index (χ4n) is 2.87. The van der Waals surface area contributed by atoms with Crippen molar-refractivity contribution in [2.75, 3.05) is 26.2 Å². The van der Waals surface area contributed by atoms with E-state index in [1.807, 2.05) is 0 Å². The maximum absolute atomic E-state index is 3.56. The standard InChI is InChI=1S/C19H34N2/c1-7-20-14-19(6,18-11-9-8-10-12-18)15-21(17(4)5)13-16(2)3/h8-12,16-17,20H,7,13-15H2,1-6H3. The zero-order valence-corrected chi connectivity index (χ0v) is 14.8. The van der Waals surface area contributed by atoms with E-state index in [-0.39, 0.29) is 5.41 Å². The summed E-state index contributed by atoms with van der Waals surface area (Å²) in [4.78, 5) is 2.62. The van der Waals surface area contributed by atoms with E-state index < -0.39 is 0 Å². The normalized spacial score (nSPS) is 14.9. The maximum atomic E-state index is 3.56. The van der Waals surface area contributed by atoms with Crippen LogP contribution in [-0.2, 0) is 5.41 Å². The Hall–Kier alpha value is -0.860. The van der Waals surface area contributed by atoms with Crippen LogP contribution in [0.15, 0.2) is 30.3 Å². The van der Waals surface area contributed by atoms with Crippen LogP contribution in [0.25, 0.3) is 0 Å². The summed E-state index contributed by atoms with van der Waals surface area (Å²) in [6.45, 7) is 18.1. The number of hydrogen-bond acceptors (Lipinski definition) is 2. The van der Waals surface area contributed by atoms with Gasteiger partial charge in [-0.1, -0.05) is 58.0 Å². The second kappa shape index (κ2) is 8.55. The third-order valence-electron chi connectivity index (χ3n) is 4.12. The van der Waals surface area contributed by atoms with Crippen molar-refractivity contribution < 1.29 is 0 Å². The Balaban J connectivity index is 2.95. The molecule has 21 heavy (non-hydrogen) atoms. The van der Waals surface area contributed by atoms with Crippen LogP contribution >= 0.6 is 0 Å². The molecule has 1 atom stereocenters. The van der Waals surface area contributed by atoms with Gasteiger partial charge in [0.05, 0.1) is 0 Å². The quantitative estimate of drug-likeness (QED) is 0.741. The molecule has 0 heterocycles. The van der Waals surface area contributed by atoms with Gasteiger partial charge in [0.2, 0.25) is 0 Å². The lowest BCUT2D eigenvalue weighted by molar-refractivity contribution is 0.155. The van der Waals surface area contributed by atoms with Crippen molar-refractivity contribution in [2.45, 2.75) is 53.0 Å². The van der Waals surface area contributed by atoms with Gasteiger partial charge in [-0.3, -0.25) is 4.90 Å². The summed E-state index contributed by atoms with van der Waals surface area (Å²) < 4.78 is 0. The minimum absolute atomic E-state index is 0.149. The average molecular weight is 290 g/mol. The Bertz CT molecular complexity index is 386. The fraction of sp³-hybridized carbons (Fsp3) is 0.684.